The van der Waals surface area contributed by atoms with Crippen LogP contribution in [0.1, 0.15) is 6.92 Å². The number of nitrogens with one attached hydrogen (secondary N) is 1. The van der Waals surface area contributed by atoms with Crippen LogP contribution in [0.3, 0.4) is 0 Å². The fourth-order valence-corrected chi connectivity index (χ4v) is 1.70. The molecule has 0 radical (unpaired) electrons. The highest BCUT2D eigenvalue weighted by atomic mass is 35.5. The number of benzene rings is 1. The van der Waals surface area contributed by atoms with Crippen LogP contribution < -0.4 is 14.8 Å². The summed E-state index contributed by atoms with van der Waals surface area (Å²) in [4.78, 5) is 12.1. The first-order valence-corrected chi connectivity index (χ1v) is 6.55. The number of hydrogen-bond donors (Lipinski definition) is 1. The largest absolute Gasteiger partial charge is 0.467 e. The van der Waals surface area contributed by atoms with Gasteiger partial charge in [0.25, 0.3) is 0 Å². The molecule has 6 nitrogen and oxygen atoms in total. The van der Waals surface area contributed by atoms with Crippen molar-refractivity contribution in [3.63, 3.8) is 0 Å². The van der Waals surface area contributed by atoms with E-state index < -0.39 is 0 Å². The SMILES string of the molecule is CCNc1nc(OC)nc(Oc2cccc(Cl)c2Cl)n1. The fraction of sp³-hybridized carbons (Fsp3) is 0.250. The summed E-state index contributed by atoms with van der Waals surface area (Å²) in [5.41, 5.74) is 0. The molecule has 0 spiro atoms. The van der Waals surface area contributed by atoms with E-state index in [9.17, 15) is 0 Å². The van der Waals surface area contributed by atoms with Gasteiger partial charge in [-0.2, -0.15) is 9.97 Å². The van der Waals surface area contributed by atoms with Gasteiger partial charge in [-0.15, -0.1) is 4.98 Å². The quantitative estimate of drug-likeness (QED) is 0.912. The molecule has 1 aromatic carbocycles. The second kappa shape index (κ2) is 6.58. The summed E-state index contributed by atoms with van der Waals surface area (Å²) < 4.78 is 10.5. The maximum Gasteiger partial charge on any atom is 0.330 e. The van der Waals surface area contributed by atoms with Crippen molar-refractivity contribution in [3.8, 4) is 17.8 Å². The Morgan fingerprint density at radius 1 is 1.15 bits per heavy atom. The lowest BCUT2D eigenvalue weighted by molar-refractivity contribution is 0.360. The van der Waals surface area contributed by atoms with Crippen LogP contribution >= 0.6 is 23.2 Å². The minimum absolute atomic E-state index is 0.0666. The third-order valence-corrected chi connectivity index (χ3v) is 3.03. The summed E-state index contributed by atoms with van der Waals surface area (Å²) in [6.45, 7) is 2.58. The van der Waals surface area contributed by atoms with Gasteiger partial charge in [-0.25, -0.2) is 0 Å². The first kappa shape index (κ1) is 14.6. The Kier molecular flexibility index (Phi) is 4.81. The molecule has 0 aliphatic heterocycles. The van der Waals surface area contributed by atoms with E-state index in [1.165, 1.54) is 7.11 Å². The molecule has 0 amide bonds. The number of rotatable bonds is 5. The number of anilines is 1. The second-order valence-corrected chi connectivity index (χ2v) is 4.40. The first-order valence-electron chi connectivity index (χ1n) is 5.79. The van der Waals surface area contributed by atoms with Crippen molar-refractivity contribution in [1.82, 2.24) is 15.0 Å². The lowest BCUT2D eigenvalue weighted by atomic mass is 10.3. The maximum absolute atomic E-state index is 6.04. The Hall–Kier alpha value is -1.79. The zero-order valence-electron chi connectivity index (χ0n) is 10.9. The number of methoxy groups -OCH3 is 1. The number of ether oxygens (including phenoxy) is 2. The lowest BCUT2D eigenvalue weighted by Crippen LogP contribution is -2.06. The van der Waals surface area contributed by atoms with Crippen molar-refractivity contribution in [2.45, 2.75) is 6.92 Å². The van der Waals surface area contributed by atoms with E-state index in [-0.39, 0.29) is 12.0 Å². The van der Waals surface area contributed by atoms with Crippen molar-refractivity contribution in [1.29, 1.82) is 0 Å². The lowest BCUT2D eigenvalue weighted by Gasteiger charge is -2.09. The number of halogens is 2. The standard InChI is InChI=1S/C12H12Cl2N4O2/c1-3-15-10-16-11(19-2)18-12(17-10)20-8-6-4-5-7(13)9(8)14/h4-6H,3H2,1-2H3,(H,15,16,17,18). The van der Waals surface area contributed by atoms with E-state index in [1.54, 1.807) is 18.2 Å². The molecule has 0 aliphatic rings. The Bertz CT molecular complexity index is 610. The Balaban J connectivity index is 2.32. The number of nitrogens with zero attached hydrogens (tertiary/aromatic N) is 3. The minimum atomic E-state index is 0.0666. The predicted molar refractivity (Wildman–Crippen MR) is 77.1 cm³/mol. The second-order valence-electron chi connectivity index (χ2n) is 3.61. The predicted octanol–water partition coefficient (Wildman–Crippen LogP) is 3.41. The van der Waals surface area contributed by atoms with E-state index in [0.29, 0.717) is 28.3 Å². The van der Waals surface area contributed by atoms with Crippen LogP contribution in [0.15, 0.2) is 18.2 Å². The number of aromatic nitrogens is 3. The summed E-state index contributed by atoms with van der Waals surface area (Å²) in [5, 5.41) is 3.63. The average Bonchev–Trinajstić information content (AvgIpc) is 2.44. The highest BCUT2D eigenvalue weighted by molar-refractivity contribution is 6.42. The summed E-state index contributed by atoms with van der Waals surface area (Å²) in [6.07, 6.45) is 0. The summed E-state index contributed by atoms with van der Waals surface area (Å²) in [7, 11) is 1.46. The third kappa shape index (κ3) is 3.40. The van der Waals surface area contributed by atoms with Crippen LogP contribution in [0.2, 0.25) is 10.0 Å². The van der Waals surface area contributed by atoms with Gasteiger partial charge in [-0.1, -0.05) is 29.3 Å². The topological polar surface area (TPSA) is 69.2 Å². The van der Waals surface area contributed by atoms with Crippen LogP contribution in [-0.2, 0) is 0 Å². The Labute approximate surface area is 126 Å². The molecule has 0 saturated heterocycles. The molecule has 0 bridgehead atoms. The highest BCUT2D eigenvalue weighted by Gasteiger charge is 2.11. The van der Waals surface area contributed by atoms with Gasteiger partial charge in [0.05, 0.1) is 12.1 Å². The fourth-order valence-electron chi connectivity index (χ4n) is 1.37. The molecule has 2 rings (SSSR count). The van der Waals surface area contributed by atoms with Gasteiger partial charge in [-0.3, -0.25) is 0 Å². The van der Waals surface area contributed by atoms with Crippen LogP contribution in [0.4, 0.5) is 5.95 Å². The van der Waals surface area contributed by atoms with Gasteiger partial charge in [0.15, 0.2) is 5.75 Å². The van der Waals surface area contributed by atoms with Gasteiger partial charge in [0.2, 0.25) is 5.95 Å². The molecule has 2 aromatic rings. The molecule has 8 heteroatoms. The van der Waals surface area contributed by atoms with Crippen molar-refractivity contribution in [2.75, 3.05) is 19.0 Å². The van der Waals surface area contributed by atoms with Gasteiger partial charge in [-0.05, 0) is 19.1 Å². The zero-order chi connectivity index (χ0) is 14.5. The van der Waals surface area contributed by atoms with E-state index in [1.807, 2.05) is 6.92 Å². The average molecular weight is 315 g/mol. The third-order valence-electron chi connectivity index (χ3n) is 2.23. The monoisotopic (exact) mass is 314 g/mol. The Morgan fingerprint density at radius 3 is 2.60 bits per heavy atom. The van der Waals surface area contributed by atoms with E-state index >= 15 is 0 Å². The smallest absolute Gasteiger partial charge is 0.330 e. The summed E-state index contributed by atoms with van der Waals surface area (Å²) in [5.74, 6) is 0.711. The van der Waals surface area contributed by atoms with Crippen molar-refractivity contribution < 1.29 is 9.47 Å². The summed E-state index contributed by atoms with van der Waals surface area (Å²) >= 11 is 12.0. The first-order chi connectivity index (χ1) is 9.63. The van der Waals surface area contributed by atoms with E-state index in [0.717, 1.165) is 0 Å². The molecule has 106 valence electrons. The highest BCUT2D eigenvalue weighted by Crippen LogP contribution is 2.33. The molecule has 0 aliphatic carbocycles. The molecule has 0 unspecified atom stereocenters. The number of hydrogen-bond acceptors (Lipinski definition) is 6. The van der Waals surface area contributed by atoms with E-state index in [4.69, 9.17) is 32.7 Å². The van der Waals surface area contributed by atoms with E-state index in [2.05, 4.69) is 20.3 Å². The normalized spacial score (nSPS) is 10.2. The Morgan fingerprint density at radius 2 is 1.90 bits per heavy atom. The molecular weight excluding hydrogens is 303 g/mol. The van der Waals surface area contributed by atoms with Gasteiger partial charge >= 0.3 is 12.0 Å². The minimum Gasteiger partial charge on any atom is -0.467 e. The van der Waals surface area contributed by atoms with Gasteiger partial charge < -0.3 is 14.8 Å². The zero-order valence-corrected chi connectivity index (χ0v) is 12.4. The van der Waals surface area contributed by atoms with Crippen molar-refractivity contribution in [3.05, 3.63) is 28.2 Å². The van der Waals surface area contributed by atoms with Gasteiger partial charge in [0.1, 0.15) is 5.02 Å². The van der Waals surface area contributed by atoms with Crippen molar-refractivity contribution in [2.24, 2.45) is 0 Å². The van der Waals surface area contributed by atoms with Crippen LogP contribution in [0.5, 0.6) is 17.8 Å². The maximum atomic E-state index is 6.04. The summed E-state index contributed by atoms with van der Waals surface area (Å²) in [6, 6.07) is 5.25. The van der Waals surface area contributed by atoms with Crippen LogP contribution in [-0.4, -0.2) is 28.6 Å². The molecule has 1 aromatic heterocycles. The molecule has 1 heterocycles. The van der Waals surface area contributed by atoms with Crippen LogP contribution in [0, 0.1) is 0 Å². The molecule has 20 heavy (non-hydrogen) atoms. The molecule has 1 N–H and O–H groups in total. The molecule has 0 fully saturated rings. The van der Waals surface area contributed by atoms with Crippen molar-refractivity contribution >= 4 is 29.2 Å². The molecule has 0 saturated carbocycles. The van der Waals surface area contributed by atoms with Crippen LogP contribution in [0.25, 0.3) is 0 Å². The molecular formula is C12H12Cl2N4O2. The molecule has 0 atom stereocenters. The van der Waals surface area contributed by atoms with Gasteiger partial charge in [0, 0.05) is 6.54 Å².